The first kappa shape index (κ1) is 13.2. The molecule has 2 rings (SSSR count). The molecule has 0 aliphatic rings. The Balaban J connectivity index is 2.14. The Morgan fingerprint density at radius 3 is 2.84 bits per heavy atom. The number of rotatable bonds is 5. The van der Waals surface area contributed by atoms with Crippen LogP contribution >= 0.6 is 0 Å². The van der Waals surface area contributed by atoms with E-state index in [9.17, 15) is 0 Å². The predicted molar refractivity (Wildman–Crippen MR) is 75.1 cm³/mol. The third kappa shape index (κ3) is 3.15. The summed E-state index contributed by atoms with van der Waals surface area (Å²) in [5.74, 6) is 1.31. The van der Waals surface area contributed by atoms with Gasteiger partial charge in [0.05, 0.1) is 18.5 Å². The minimum Gasteiger partial charge on any atom is -0.476 e. The van der Waals surface area contributed by atoms with E-state index in [1.54, 1.807) is 4.68 Å². The van der Waals surface area contributed by atoms with Gasteiger partial charge in [-0.05, 0) is 19.1 Å². The summed E-state index contributed by atoms with van der Waals surface area (Å²) < 4.78 is 7.19. The van der Waals surface area contributed by atoms with Crippen LogP contribution in [0.2, 0.25) is 0 Å². The minimum atomic E-state index is 0.484. The van der Waals surface area contributed by atoms with Gasteiger partial charge in [-0.1, -0.05) is 0 Å². The summed E-state index contributed by atoms with van der Waals surface area (Å²) in [6.07, 6.45) is 3.83. The van der Waals surface area contributed by atoms with Crippen LogP contribution in [-0.2, 0) is 13.6 Å². The molecule has 6 heteroatoms. The summed E-state index contributed by atoms with van der Waals surface area (Å²) in [5, 5.41) is 4.15. The third-order valence-electron chi connectivity index (χ3n) is 2.73. The Kier molecular flexibility index (Phi) is 3.89. The van der Waals surface area contributed by atoms with E-state index in [1.807, 2.05) is 50.4 Å². The summed E-state index contributed by atoms with van der Waals surface area (Å²) in [6.45, 7) is 3.19. The van der Waals surface area contributed by atoms with Crippen LogP contribution in [0.5, 0.6) is 5.88 Å². The maximum absolute atomic E-state index is 5.81. The van der Waals surface area contributed by atoms with Crippen LogP contribution in [0.15, 0.2) is 24.5 Å². The van der Waals surface area contributed by atoms with Crippen molar-refractivity contribution >= 4 is 11.5 Å². The molecule has 0 saturated heterocycles. The van der Waals surface area contributed by atoms with E-state index in [0.717, 1.165) is 17.9 Å². The predicted octanol–water partition coefficient (Wildman–Crippen LogP) is 1.43. The molecule has 2 heterocycles. The van der Waals surface area contributed by atoms with E-state index in [0.29, 0.717) is 18.2 Å². The largest absolute Gasteiger partial charge is 0.476 e. The molecule has 2 N–H and O–H groups in total. The lowest BCUT2D eigenvalue weighted by Crippen LogP contribution is -2.18. The third-order valence-corrected chi connectivity index (χ3v) is 2.73. The minimum absolute atomic E-state index is 0.484. The molecule has 0 radical (unpaired) electrons. The van der Waals surface area contributed by atoms with Gasteiger partial charge in [0.25, 0.3) is 0 Å². The molecule has 0 atom stereocenters. The quantitative estimate of drug-likeness (QED) is 0.881. The topological polar surface area (TPSA) is 69.2 Å². The van der Waals surface area contributed by atoms with E-state index in [4.69, 9.17) is 10.5 Å². The van der Waals surface area contributed by atoms with Crippen molar-refractivity contribution in [1.29, 1.82) is 0 Å². The van der Waals surface area contributed by atoms with Crippen molar-refractivity contribution < 1.29 is 4.74 Å². The van der Waals surface area contributed by atoms with E-state index in [2.05, 4.69) is 10.1 Å². The maximum Gasteiger partial charge on any atom is 0.239 e. The zero-order chi connectivity index (χ0) is 13.8. The van der Waals surface area contributed by atoms with Crippen LogP contribution in [0.3, 0.4) is 0 Å². The number of nitrogens with two attached hydrogens (primary N) is 1. The maximum atomic E-state index is 5.81. The summed E-state index contributed by atoms with van der Waals surface area (Å²) in [7, 11) is 3.87. The fourth-order valence-electron chi connectivity index (χ4n) is 1.81. The van der Waals surface area contributed by atoms with Gasteiger partial charge in [0, 0.05) is 32.4 Å². The first-order valence-corrected chi connectivity index (χ1v) is 6.18. The van der Waals surface area contributed by atoms with E-state index >= 15 is 0 Å². The molecule has 0 saturated carbocycles. The number of pyridine rings is 1. The van der Waals surface area contributed by atoms with E-state index in [1.165, 1.54) is 0 Å². The van der Waals surface area contributed by atoms with Crippen molar-refractivity contribution in [3.05, 3.63) is 30.1 Å². The molecule has 0 spiro atoms. The molecule has 2 aromatic rings. The molecule has 0 aliphatic heterocycles. The van der Waals surface area contributed by atoms with Gasteiger partial charge >= 0.3 is 0 Å². The number of hydrogen-bond acceptors (Lipinski definition) is 5. The van der Waals surface area contributed by atoms with Crippen LogP contribution in [0.1, 0.15) is 12.5 Å². The van der Waals surface area contributed by atoms with Gasteiger partial charge in [-0.2, -0.15) is 10.1 Å². The van der Waals surface area contributed by atoms with Crippen LogP contribution in [0.25, 0.3) is 0 Å². The van der Waals surface area contributed by atoms with Gasteiger partial charge in [-0.25, -0.2) is 0 Å². The van der Waals surface area contributed by atoms with Crippen molar-refractivity contribution in [2.45, 2.75) is 13.5 Å². The highest BCUT2D eigenvalue weighted by Crippen LogP contribution is 2.23. The highest BCUT2D eigenvalue weighted by molar-refractivity contribution is 5.54. The molecule has 19 heavy (non-hydrogen) atoms. The average molecular weight is 261 g/mol. The normalized spacial score (nSPS) is 10.5. The van der Waals surface area contributed by atoms with E-state index < -0.39 is 0 Å². The van der Waals surface area contributed by atoms with Crippen molar-refractivity contribution in [3.8, 4) is 5.88 Å². The Labute approximate surface area is 112 Å². The molecule has 0 aliphatic carbocycles. The molecule has 0 aromatic carbocycles. The number of aromatic nitrogens is 3. The molecule has 2 aromatic heterocycles. The Bertz CT molecular complexity index is 552. The van der Waals surface area contributed by atoms with Crippen molar-refractivity contribution in [3.63, 3.8) is 0 Å². The molecular formula is C13H19N5O. The van der Waals surface area contributed by atoms with Gasteiger partial charge < -0.3 is 15.4 Å². The second-order valence-electron chi connectivity index (χ2n) is 4.38. The van der Waals surface area contributed by atoms with Gasteiger partial charge in [-0.15, -0.1) is 0 Å². The Morgan fingerprint density at radius 1 is 1.42 bits per heavy atom. The number of anilines is 2. The smallest absolute Gasteiger partial charge is 0.239 e. The van der Waals surface area contributed by atoms with Crippen molar-refractivity contribution in [2.24, 2.45) is 7.05 Å². The standard InChI is InChI=1S/C13H19N5O/c1-4-19-13-11(14)5-6-12(16-13)17(2)8-10-7-15-18(3)9-10/h5-7,9H,4,8,14H2,1-3H3. The zero-order valence-corrected chi connectivity index (χ0v) is 11.5. The first-order chi connectivity index (χ1) is 9.10. The molecule has 0 amide bonds. The summed E-state index contributed by atoms with van der Waals surface area (Å²) >= 11 is 0. The zero-order valence-electron chi connectivity index (χ0n) is 11.5. The van der Waals surface area contributed by atoms with Crippen LogP contribution in [-0.4, -0.2) is 28.4 Å². The van der Waals surface area contributed by atoms with Crippen molar-refractivity contribution in [1.82, 2.24) is 14.8 Å². The first-order valence-electron chi connectivity index (χ1n) is 6.18. The van der Waals surface area contributed by atoms with Crippen LogP contribution in [0, 0.1) is 0 Å². The number of nitrogen functional groups attached to an aromatic ring is 1. The lowest BCUT2D eigenvalue weighted by Gasteiger charge is -2.18. The number of aryl methyl sites for hydroxylation is 1. The summed E-state index contributed by atoms with van der Waals surface area (Å²) in [5.41, 5.74) is 7.49. The summed E-state index contributed by atoms with van der Waals surface area (Å²) in [4.78, 5) is 6.44. The summed E-state index contributed by atoms with van der Waals surface area (Å²) in [6, 6.07) is 3.70. The molecule has 0 fully saturated rings. The van der Waals surface area contributed by atoms with Crippen LogP contribution < -0.4 is 15.4 Å². The average Bonchev–Trinajstić information content (AvgIpc) is 2.77. The SMILES string of the molecule is CCOc1nc(N(C)Cc2cnn(C)c2)ccc1N. The molecule has 102 valence electrons. The van der Waals surface area contributed by atoms with Gasteiger partial charge in [-0.3, -0.25) is 4.68 Å². The monoisotopic (exact) mass is 261 g/mol. The van der Waals surface area contributed by atoms with Gasteiger partial charge in [0.2, 0.25) is 5.88 Å². The second kappa shape index (κ2) is 5.60. The molecular weight excluding hydrogens is 242 g/mol. The fourth-order valence-corrected chi connectivity index (χ4v) is 1.81. The molecule has 0 bridgehead atoms. The van der Waals surface area contributed by atoms with Crippen LogP contribution in [0.4, 0.5) is 11.5 Å². The number of ether oxygens (including phenoxy) is 1. The Hall–Kier alpha value is -2.24. The molecule has 6 nitrogen and oxygen atoms in total. The fraction of sp³-hybridized carbons (Fsp3) is 0.385. The Morgan fingerprint density at radius 2 is 2.21 bits per heavy atom. The van der Waals surface area contributed by atoms with Crippen molar-refractivity contribution in [2.75, 3.05) is 24.3 Å². The lowest BCUT2D eigenvalue weighted by atomic mass is 10.3. The highest BCUT2D eigenvalue weighted by Gasteiger charge is 2.09. The lowest BCUT2D eigenvalue weighted by molar-refractivity contribution is 0.329. The highest BCUT2D eigenvalue weighted by atomic mass is 16.5. The number of hydrogen-bond donors (Lipinski definition) is 1. The molecule has 0 unspecified atom stereocenters. The van der Waals surface area contributed by atoms with E-state index in [-0.39, 0.29) is 0 Å². The van der Waals surface area contributed by atoms with Gasteiger partial charge in [0.1, 0.15) is 5.82 Å². The number of nitrogens with zero attached hydrogens (tertiary/aromatic N) is 4. The van der Waals surface area contributed by atoms with Gasteiger partial charge in [0.15, 0.2) is 0 Å². The second-order valence-corrected chi connectivity index (χ2v) is 4.38.